The van der Waals surface area contributed by atoms with Crippen molar-refractivity contribution in [3.05, 3.63) is 0 Å². The molecular formula is C7H16ClNO3S. The van der Waals surface area contributed by atoms with Crippen molar-refractivity contribution in [2.45, 2.75) is 12.2 Å². The van der Waals surface area contributed by atoms with Gasteiger partial charge in [0, 0.05) is 26.6 Å². The fourth-order valence-electron chi connectivity index (χ4n) is 0.734. The zero-order valence-electron chi connectivity index (χ0n) is 8.16. The highest BCUT2D eigenvalue weighted by Crippen LogP contribution is 2.07. The molecule has 0 rings (SSSR count). The van der Waals surface area contributed by atoms with Gasteiger partial charge in [-0.2, -0.15) is 0 Å². The van der Waals surface area contributed by atoms with Crippen molar-refractivity contribution in [3.63, 3.8) is 0 Å². The number of rotatable bonds is 6. The van der Waals surface area contributed by atoms with Crippen molar-refractivity contribution in [2.24, 2.45) is 0 Å². The van der Waals surface area contributed by atoms with Gasteiger partial charge in [-0.05, 0) is 6.92 Å². The van der Waals surface area contributed by atoms with Gasteiger partial charge in [-0.3, -0.25) is 0 Å². The summed E-state index contributed by atoms with van der Waals surface area (Å²) >= 11 is 5.48. The van der Waals surface area contributed by atoms with Gasteiger partial charge in [0.05, 0.1) is 11.9 Å². The molecule has 0 aliphatic rings. The van der Waals surface area contributed by atoms with Crippen LogP contribution in [-0.4, -0.2) is 51.2 Å². The first-order chi connectivity index (χ1) is 5.96. The van der Waals surface area contributed by atoms with E-state index in [1.54, 1.807) is 6.92 Å². The average Bonchev–Trinajstić information content (AvgIpc) is 2.12. The van der Waals surface area contributed by atoms with Crippen LogP contribution < -0.4 is 0 Å². The summed E-state index contributed by atoms with van der Waals surface area (Å²) in [6.07, 6.45) is 0. The van der Waals surface area contributed by atoms with E-state index in [1.807, 2.05) is 0 Å². The molecule has 1 unspecified atom stereocenters. The van der Waals surface area contributed by atoms with Crippen molar-refractivity contribution in [2.75, 3.05) is 33.2 Å². The van der Waals surface area contributed by atoms with Crippen molar-refractivity contribution < 1.29 is 13.2 Å². The number of hydrogen-bond acceptors (Lipinski definition) is 3. The van der Waals surface area contributed by atoms with Crippen LogP contribution >= 0.6 is 11.6 Å². The maximum absolute atomic E-state index is 11.6. The van der Waals surface area contributed by atoms with E-state index >= 15 is 0 Å². The lowest BCUT2D eigenvalue weighted by Crippen LogP contribution is -2.37. The monoisotopic (exact) mass is 229 g/mol. The summed E-state index contributed by atoms with van der Waals surface area (Å²) in [4.78, 5) is 0. The van der Waals surface area contributed by atoms with Crippen molar-refractivity contribution >= 4 is 21.6 Å². The Morgan fingerprint density at radius 2 is 2.08 bits per heavy atom. The van der Waals surface area contributed by atoms with Gasteiger partial charge >= 0.3 is 0 Å². The van der Waals surface area contributed by atoms with Crippen LogP contribution in [0.3, 0.4) is 0 Å². The number of methoxy groups -OCH3 is 1. The van der Waals surface area contributed by atoms with Crippen LogP contribution in [0.1, 0.15) is 6.92 Å². The molecule has 0 aliphatic heterocycles. The predicted octanol–water partition coefficient (Wildman–Crippen LogP) is 0.522. The molecule has 1 atom stereocenters. The average molecular weight is 230 g/mol. The number of sulfonamides is 1. The fraction of sp³-hybridized carbons (Fsp3) is 1.00. The minimum Gasteiger partial charge on any atom is -0.383 e. The summed E-state index contributed by atoms with van der Waals surface area (Å²) < 4.78 is 29.2. The third kappa shape index (κ3) is 3.81. The minimum atomic E-state index is -3.24. The molecule has 0 aromatic rings. The Balaban J connectivity index is 4.28. The second-order valence-corrected chi connectivity index (χ2v) is 5.59. The van der Waals surface area contributed by atoms with Gasteiger partial charge in [0.2, 0.25) is 10.0 Å². The lowest BCUT2D eigenvalue weighted by atomic mass is 10.6. The molecule has 0 amide bonds. The summed E-state index contributed by atoms with van der Waals surface area (Å²) in [7, 11) is -0.182. The van der Waals surface area contributed by atoms with Crippen LogP contribution in [0.15, 0.2) is 0 Å². The zero-order valence-corrected chi connectivity index (χ0v) is 9.73. The highest BCUT2D eigenvalue weighted by Gasteiger charge is 2.24. The highest BCUT2D eigenvalue weighted by molar-refractivity contribution is 7.89. The van der Waals surface area contributed by atoms with Gasteiger partial charge in [-0.15, -0.1) is 11.6 Å². The number of alkyl halides is 1. The smallest absolute Gasteiger partial charge is 0.217 e. The Morgan fingerprint density at radius 3 is 2.46 bits per heavy atom. The molecule has 0 aliphatic carbocycles. The van der Waals surface area contributed by atoms with E-state index in [0.717, 1.165) is 0 Å². The maximum Gasteiger partial charge on any atom is 0.217 e. The Kier molecular flexibility index (Phi) is 5.87. The summed E-state index contributed by atoms with van der Waals surface area (Å²) in [6, 6.07) is 0. The predicted molar refractivity (Wildman–Crippen MR) is 53.6 cm³/mol. The van der Waals surface area contributed by atoms with E-state index in [0.29, 0.717) is 13.2 Å². The van der Waals surface area contributed by atoms with E-state index < -0.39 is 15.3 Å². The quantitative estimate of drug-likeness (QED) is 0.624. The van der Waals surface area contributed by atoms with Crippen LogP contribution in [-0.2, 0) is 14.8 Å². The molecule has 80 valence electrons. The molecule has 0 radical (unpaired) electrons. The van der Waals surface area contributed by atoms with Gasteiger partial charge in [-0.1, -0.05) is 0 Å². The zero-order chi connectivity index (χ0) is 10.5. The standard InChI is InChI=1S/C7H16ClNO3S/c1-7(6-8)13(10,11)9(2)4-5-12-3/h7H,4-6H2,1-3H3. The van der Waals surface area contributed by atoms with Crippen LogP contribution in [0.2, 0.25) is 0 Å². The fourth-order valence-corrected chi connectivity index (χ4v) is 2.31. The molecule has 0 saturated heterocycles. The van der Waals surface area contributed by atoms with E-state index in [2.05, 4.69) is 0 Å². The van der Waals surface area contributed by atoms with Crippen LogP contribution in [0, 0.1) is 0 Å². The topological polar surface area (TPSA) is 46.6 Å². The van der Waals surface area contributed by atoms with Crippen LogP contribution in [0.25, 0.3) is 0 Å². The summed E-state index contributed by atoms with van der Waals surface area (Å²) in [5.41, 5.74) is 0. The SMILES string of the molecule is COCCN(C)S(=O)(=O)C(C)CCl. The number of ether oxygens (including phenoxy) is 1. The molecule has 0 heterocycles. The Hall–Kier alpha value is 0.160. The first kappa shape index (κ1) is 13.2. The third-order valence-corrected chi connectivity index (χ3v) is 4.65. The summed E-state index contributed by atoms with van der Waals surface area (Å²) in [5.74, 6) is 0.111. The molecule has 0 N–H and O–H groups in total. The molecule has 4 nitrogen and oxygen atoms in total. The Labute approximate surface area is 84.9 Å². The maximum atomic E-state index is 11.6. The van der Waals surface area contributed by atoms with Gasteiger partial charge in [0.25, 0.3) is 0 Å². The summed E-state index contributed by atoms with van der Waals surface area (Å²) in [6.45, 7) is 2.34. The molecule has 13 heavy (non-hydrogen) atoms. The molecule has 0 bridgehead atoms. The highest BCUT2D eigenvalue weighted by atomic mass is 35.5. The molecule has 6 heteroatoms. The second-order valence-electron chi connectivity index (χ2n) is 2.82. The molecular weight excluding hydrogens is 214 g/mol. The van der Waals surface area contributed by atoms with Gasteiger partial charge < -0.3 is 4.74 Å². The number of halogens is 1. The van der Waals surface area contributed by atoms with Crippen molar-refractivity contribution in [3.8, 4) is 0 Å². The van der Waals surface area contributed by atoms with E-state index in [4.69, 9.17) is 16.3 Å². The van der Waals surface area contributed by atoms with Crippen LogP contribution in [0.4, 0.5) is 0 Å². The molecule has 0 saturated carbocycles. The number of nitrogens with zero attached hydrogens (tertiary/aromatic N) is 1. The molecule has 0 aromatic carbocycles. The summed E-state index contributed by atoms with van der Waals surface area (Å²) in [5, 5.41) is -0.545. The number of likely N-dealkylation sites (N-methyl/N-ethyl adjacent to an activating group) is 1. The van der Waals surface area contributed by atoms with Crippen molar-refractivity contribution in [1.82, 2.24) is 4.31 Å². The van der Waals surface area contributed by atoms with E-state index in [-0.39, 0.29) is 5.88 Å². The molecule has 0 aromatic heterocycles. The third-order valence-electron chi connectivity index (χ3n) is 1.77. The number of hydrogen-bond donors (Lipinski definition) is 0. The minimum absolute atomic E-state index is 0.111. The Bertz CT molecular complexity index is 230. The lowest BCUT2D eigenvalue weighted by molar-refractivity contribution is 0.185. The molecule has 0 spiro atoms. The first-order valence-corrected chi connectivity index (χ1v) is 6.00. The van der Waals surface area contributed by atoms with Crippen LogP contribution in [0.5, 0.6) is 0 Å². The van der Waals surface area contributed by atoms with Gasteiger partial charge in [-0.25, -0.2) is 12.7 Å². The Morgan fingerprint density at radius 1 is 1.54 bits per heavy atom. The largest absolute Gasteiger partial charge is 0.383 e. The van der Waals surface area contributed by atoms with E-state index in [9.17, 15) is 8.42 Å². The van der Waals surface area contributed by atoms with Crippen molar-refractivity contribution in [1.29, 1.82) is 0 Å². The second kappa shape index (κ2) is 5.80. The van der Waals surface area contributed by atoms with E-state index in [1.165, 1.54) is 18.5 Å². The molecule has 0 fully saturated rings. The normalized spacial score (nSPS) is 14.8. The first-order valence-electron chi connectivity index (χ1n) is 3.96. The van der Waals surface area contributed by atoms with Gasteiger partial charge in [0.15, 0.2) is 0 Å². The van der Waals surface area contributed by atoms with Gasteiger partial charge in [0.1, 0.15) is 0 Å². The lowest BCUT2D eigenvalue weighted by Gasteiger charge is -2.19.